The number of para-hydroxylation sites is 1. The molecule has 110 valence electrons. The third-order valence-electron chi connectivity index (χ3n) is 4.98. The maximum atomic E-state index is 10.5. The molecule has 0 spiro atoms. The summed E-state index contributed by atoms with van der Waals surface area (Å²) in [5.41, 5.74) is 2.15. The molecule has 0 radical (unpaired) electrons. The highest BCUT2D eigenvalue weighted by Gasteiger charge is 2.33. The van der Waals surface area contributed by atoms with Gasteiger partial charge in [0, 0.05) is 37.8 Å². The molecule has 3 rings (SSSR count). The molecule has 1 atom stereocenters. The van der Waals surface area contributed by atoms with Gasteiger partial charge in [-0.25, -0.2) is 0 Å². The minimum atomic E-state index is 0.402. The summed E-state index contributed by atoms with van der Waals surface area (Å²) in [6.07, 6.45) is 5.31. The normalized spacial score (nSPS) is 23.1. The Morgan fingerprint density at radius 2 is 1.90 bits per heavy atom. The van der Waals surface area contributed by atoms with E-state index in [4.69, 9.17) is 0 Å². The molecule has 2 aliphatic rings. The summed E-state index contributed by atoms with van der Waals surface area (Å²) in [7, 11) is 0. The standard InChI is InChI=1S/C17H26N2O/c1-13-5-4-8-15(17(13)20)16(14-6-2-3-7-14)19-11-9-18-10-12-19/h4-5,8,14,16,18,20H,2-3,6-7,9-12H2,1H3/t16-/m0/s1. The second-order valence-electron chi connectivity index (χ2n) is 6.29. The summed E-state index contributed by atoms with van der Waals surface area (Å²) in [5.74, 6) is 1.23. The molecule has 1 aliphatic heterocycles. The number of rotatable bonds is 3. The van der Waals surface area contributed by atoms with Crippen molar-refractivity contribution in [1.82, 2.24) is 10.2 Å². The van der Waals surface area contributed by atoms with Gasteiger partial charge >= 0.3 is 0 Å². The van der Waals surface area contributed by atoms with E-state index in [9.17, 15) is 5.11 Å². The Bertz CT molecular complexity index is 448. The van der Waals surface area contributed by atoms with Crippen molar-refractivity contribution in [2.45, 2.75) is 38.6 Å². The molecule has 1 aromatic rings. The minimum Gasteiger partial charge on any atom is -0.507 e. The lowest BCUT2D eigenvalue weighted by molar-refractivity contribution is 0.123. The van der Waals surface area contributed by atoms with Gasteiger partial charge in [0.1, 0.15) is 5.75 Å². The van der Waals surface area contributed by atoms with Crippen LogP contribution in [0.15, 0.2) is 18.2 Å². The van der Waals surface area contributed by atoms with Gasteiger partial charge in [-0.1, -0.05) is 31.0 Å². The van der Waals surface area contributed by atoms with E-state index in [1.165, 1.54) is 25.7 Å². The Labute approximate surface area is 122 Å². The van der Waals surface area contributed by atoms with Crippen molar-refractivity contribution in [2.75, 3.05) is 26.2 Å². The van der Waals surface area contributed by atoms with Gasteiger partial charge in [-0.05, 0) is 31.2 Å². The van der Waals surface area contributed by atoms with Gasteiger partial charge in [-0.15, -0.1) is 0 Å². The van der Waals surface area contributed by atoms with E-state index in [2.05, 4.69) is 22.3 Å². The average molecular weight is 274 g/mol. The van der Waals surface area contributed by atoms with Gasteiger partial charge in [0.2, 0.25) is 0 Å². The van der Waals surface area contributed by atoms with Crippen molar-refractivity contribution in [3.05, 3.63) is 29.3 Å². The smallest absolute Gasteiger partial charge is 0.123 e. The summed E-state index contributed by atoms with van der Waals surface area (Å²) < 4.78 is 0. The molecule has 1 saturated heterocycles. The zero-order chi connectivity index (χ0) is 13.9. The van der Waals surface area contributed by atoms with E-state index >= 15 is 0 Å². The Balaban J connectivity index is 1.93. The van der Waals surface area contributed by atoms with Crippen LogP contribution >= 0.6 is 0 Å². The van der Waals surface area contributed by atoms with E-state index in [0.717, 1.165) is 37.3 Å². The van der Waals surface area contributed by atoms with Crippen molar-refractivity contribution in [3.8, 4) is 5.75 Å². The van der Waals surface area contributed by atoms with Crippen LogP contribution < -0.4 is 5.32 Å². The number of nitrogens with zero attached hydrogens (tertiary/aromatic N) is 1. The van der Waals surface area contributed by atoms with Gasteiger partial charge in [-0.2, -0.15) is 0 Å². The molecule has 2 fully saturated rings. The summed E-state index contributed by atoms with van der Waals surface area (Å²) in [6.45, 7) is 6.32. The highest BCUT2D eigenvalue weighted by Crippen LogP contribution is 2.43. The third kappa shape index (κ3) is 2.70. The summed E-state index contributed by atoms with van der Waals surface area (Å²) in [4.78, 5) is 2.58. The van der Waals surface area contributed by atoms with Gasteiger partial charge in [0.05, 0.1) is 0 Å². The first-order chi connectivity index (χ1) is 9.77. The molecule has 1 heterocycles. The van der Waals surface area contributed by atoms with Crippen LogP contribution in [0.3, 0.4) is 0 Å². The Kier molecular flexibility index (Phi) is 4.27. The average Bonchev–Trinajstić information content (AvgIpc) is 2.99. The fourth-order valence-electron chi connectivity index (χ4n) is 3.90. The Morgan fingerprint density at radius 1 is 1.20 bits per heavy atom. The van der Waals surface area contributed by atoms with E-state index in [0.29, 0.717) is 17.7 Å². The number of phenolic OH excluding ortho intramolecular Hbond substituents is 1. The van der Waals surface area contributed by atoms with E-state index in [-0.39, 0.29) is 0 Å². The number of aryl methyl sites for hydroxylation is 1. The first kappa shape index (κ1) is 13.9. The third-order valence-corrected chi connectivity index (χ3v) is 4.98. The molecular weight excluding hydrogens is 248 g/mol. The van der Waals surface area contributed by atoms with Crippen LogP contribution in [-0.4, -0.2) is 36.2 Å². The van der Waals surface area contributed by atoms with Crippen molar-refractivity contribution in [2.24, 2.45) is 5.92 Å². The van der Waals surface area contributed by atoms with Crippen LogP contribution in [-0.2, 0) is 0 Å². The Morgan fingerprint density at radius 3 is 2.60 bits per heavy atom. The number of benzene rings is 1. The van der Waals surface area contributed by atoms with Gasteiger partial charge in [0.15, 0.2) is 0 Å². The van der Waals surface area contributed by atoms with Crippen LogP contribution in [0, 0.1) is 12.8 Å². The monoisotopic (exact) mass is 274 g/mol. The van der Waals surface area contributed by atoms with E-state index in [1.807, 2.05) is 13.0 Å². The number of hydrogen-bond acceptors (Lipinski definition) is 3. The Hall–Kier alpha value is -1.06. The molecule has 1 saturated carbocycles. The van der Waals surface area contributed by atoms with Crippen LogP contribution in [0.5, 0.6) is 5.75 Å². The second-order valence-corrected chi connectivity index (χ2v) is 6.29. The molecule has 3 nitrogen and oxygen atoms in total. The van der Waals surface area contributed by atoms with E-state index in [1.54, 1.807) is 0 Å². The molecule has 0 bridgehead atoms. The summed E-state index contributed by atoms with van der Waals surface area (Å²) >= 11 is 0. The van der Waals surface area contributed by atoms with Gasteiger partial charge in [0.25, 0.3) is 0 Å². The van der Waals surface area contributed by atoms with Crippen molar-refractivity contribution >= 4 is 0 Å². The molecule has 3 heteroatoms. The zero-order valence-electron chi connectivity index (χ0n) is 12.4. The predicted octanol–water partition coefficient (Wildman–Crippen LogP) is 2.84. The summed E-state index contributed by atoms with van der Waals surface area (Å²) in [6, 6.07) is 6.63. The lowest BCUT2D eigenvalue weighted by atomic mass is 9.88. The first-order valence-corrected chi connectivity index (χ1v) is 8.00. The molecule has 0 aromatic heterocycles. The van der Waals surface area contributed by atoms with E-state index < -0.39 is 0 Å². The maximum absolute atomic E-state index is 10.5. The van der Waals surface area contributed by atoms with Gasteiger partial charge < -0.3 is 10.4 Å². The van der Waals surface area contributed by atoms with Crippen molar-refractivity contribution in [1.29, 1.82) is 0 Å². The number of aromatic hydroxyl groups is 1. The van der Waals surface area contributed by atoms with Crippen LogP contribution in [0.2, 0.25) is 0 Å². The molecule has 0 amide bonds. The lowest BCUT2D eigenvalue weighted by Gasteiger charge is -2.39. The van der Waals surface area contributed by atoms with Crippen LogP contribution in [0.4, 0.5) is 0 Å². The molecule has 2 N–H and O–H groups in total. The molecule has 0 unspecified atom stereocenters. The molecular formula is C17H26N2O. The predicted molar refractivity (Wildman–Crippen MR) is 82.0 cm³/mol. The highest BCUT2D eigenvalue weighted by atomic mass is 16.3. The molecule has 1 aromatic carbocycles. The molecule has 1 aliphatic carbocycles. The van der Waals surface area contributed by atoms with Crippen molar-refractivity contribution < 1.29 is 5.11 Å². The largest absolute Gasteiger partial charge is 0.507 e. The SMILES string of the molecule is Cc1cccc([C@H](C2CCCC2)N2CCNCC2)c1O. The lowest BCUT2D eigenvalue weighted by Crippen LogP contribution is -2.46. The number of hydrogen-bond donors (Lipinski definition) is 2. The highest BCUT2D eigenvalue weighted by molar-refractivity contribution is 5.41. The number of piperazine rings is 1. The quantitative estimate of drug-likeness (QED) is 0.889. The molecule has 20 heavy (non-hydrogen) atoms. The minimum absolute atomic E-state index is 0.402. The maximum Gasteiger partial charge on any atom is 0.123 e. The fourth-order valence-corrected chi connectivity index (χ4v) is 3.90. The van der Waals surface area contributed by atoms with Crippen LogP contribution in [0.25, 0.3) is 0 Å². The zero-order valence-corrected chi connectivity index (χ0v) is 12.4. The topological polar surface area (TPSA) is 35.5 Å². The summed E-state index contributed by atoms with van der Waals surface area (Å²) in [5, 5.41) is 14.0. The van der Waals surface area contributed by atoms with Gasteiger partial charge in [-0.3, -0.25) is 4.90 Å². The second kappa shape index (κ2) is 6.15. The fraction of sp³-hybridized carbons (Fsp3) is 0.647. The number of nitrogens with one attached hydrogen (secondary N) is 1. The van der Waals surface area contributed by atoms with Crippen LogP contribution in [0.1, 0.15) is 42.9 Å². The van der Waals surface area contributed by atoms with Crippen molar-refractivity contribution in [3.63, 3.8) is 0 Å². The first-order valence-electron chi connectivity index (χ1n) is 8.00. The number of phenols is 1.